The zero-order valence-corrected chi connectivity index (χ0v) is 15.5. The van der Waals surface area contributed by atoms with Crippen LogP contribution >= 0.6 is 11.6 Å². The van der Waals surface area contributed by atoms with E-state index < -0.39 is 5.60 Å². The van der Waals surface area contributed by atoms with Gasteiger partial charge in [-0.05, 0) is 59.7 Å². The van der Waals surface area contributed by atoms with Gasteiger partial charge in [-0.2, -0.15) is 0 Å². The summed E-state index contributed by atoms with van der Waals surface area (Å²) in [6, 6.07) is 4.90. The van der Waals surface area contributed by atoms with E-state index in [-0.39, 0.29) is 22.4 Å². The Morgan fingerprint density at radius 1 is 1.26 bits per heavy atom. The predicted molar refractivity (Wildman–Crippen MR) is 94.3 cm³/mol. The largest absolute Gasteiger partial charge is 0.506 e. The van der Waals surface area contributed by atoms with E-state index in [1.807, 2.05) is 41.5 Å². The lowest BCUT2D eigenvalue weighted by Gasteiger charge is -2.37. The van der Waals surface area contributed by atoms with Crippen LogP contribution in [-0.2, 0) is 4.74 Å². The maximum Gasteiger partial charge on any atom is 0.410 e. The highest BCUT2D eigenvalue weighted by Gasteiger charge is 2.30. The molecule has 0 atom stereocenters. The lowest BCUT2D eigenvalue weighted by molar-refractivity contribution is 0.00749. The molecule has 0 saturated heterocycles. The molecular weight excluding hydrogens is 316 g/mol. The standard InChI is InChI=1S/C17H27ClN2O3/c1-16(2,3)20(15(22)23-17(4,5)6)10-9-19-12-7-8-14(21)13(18)11-12/h7-8,11,19,21H,9-10H2,1-6H3. The first kappa shape index (κ1) is 19.4. The molecule has 130 valence electrons. The molecule has 0 spiro atoms. The fourth-order valence-corrected chi connectivity index (χ4v) is 2.13. The number of carbonyl (C=O) groups excluding carboxylic acids is 1. The quantitative estimate of drug-likeness (QED) is 0.791. The van der Waals surface area contributed by atoms with Gasteiger partial charge in [0.2, 0.25) is 0 Å². The number of amides is 1. The zero-order chi connectivity index (χ0) is 17.8. The summed E-state index contributed by atoms with van der Waals surface area (Å²) in [7, 11) is 0. The summed E-state index contributed by atoms with van der Waals surface area (Å²) in [4.78, 5) is 14.1. The Hall–Kier alpha value is -1.62. The van der Waals surface area contributed by atoms with Crippen LogP contribution in [0.3, 0.4) is 0 Å². The van der Waals surface area contributed by atoms with Gasteiger partial charge in [0.15, 0.2) is 0 Å². The predicted octanol–water partition coefficient (Wildman–Crippen LogP) is 4.49. The van der Waals surface area contributed by atoms with E-state index in [1.54, 1.807) is 17.0 Å². The molecule has 1 aromatic carbocycles. The summed E-state index contributed by atoms with van der Waals surface area (Å²) in [6.45, 7) is 12.5. The molecule has 5 nitrogen and oxygen atoms in total. The van der Waals surface area contributed by atoms with Gasteiger partial charge >= 0.3 is 6.09 Å². The van der Waals surface area contributed by atoms with Gasteiger partial charge in [0.05, 0.1) is 5.02 Å². The number of benzene rings is 1. The molecule has 0 bridgehead atoms. The number of carbonyl (C=O) groups is 1. The molecule has 1 rings (SSSR count). The molecule has 0 heterocycles. The highest BCUT2D eigenvalue weighted by atomic mass is 35.5. The van der Waals surface area contributed by atoms with Crippen molar-refractivity contribution >= 4 is 23.4 Å². The van der Waals surface area contributed by atoms with Gasteiger partial charge in [0.25, 0.3) is 0 Å². The van der Waals surface area contributed by atoms with Crippen molar-refractivity contribution in [3.05, 3.63) is 23.2 Å². The number of nitrogens with zero attached hydrogens (tertiary/aromatic N) is 1. The van der Waals surface area contributed by atoms with E-state index in [0.29, 0.717) is 13.1 Å². The highest BCUT2D eigenvalue weighted by molar-refractivity contribution is 6.32. The number of aromatic hydroxyl groups is 1. The van der Waals surface area contributed by atoms with E-state index in [0.717, 1.165) is 5.69 Å². The fourth-order valence-electron chi connectivity index (χ4n) is 1.95. The lowest BCUT2D eigenvalue weighted by atomic mass is 10.1. The van der Waals surface area contributed by atoms with Gasteiger partial charge in [-0.1, -0.05) is 11.6 Å². The van der Waals surface area contributed by atoms with E-state index in [9.17, 15) is 9.90 Å². The summed E-state index contributed by atoms with van der Waals surface area (Å²) in [5, 5.41) is 12.9. The van der Waals surface area contributed by atoms with Crippen molar-refractivity contribution < 1.29 is 14.6 Å². The third kappa shape index (κ3) is 6.57. The monoisotopic (exact) mass is 342 g/mol. The maximum absolute atomic E-state index is 12.4. The van der Waals surface area contributed by atoms with Crippen molar-refractivity contribution in [2.45, 2.75) is 52.7 Å². The molecule has 0 saturated carbocycles. The number of hydrogen-bond donors (Lipinski definition) is 2. The molecule has 1 aromatic rings. The van der Waals surface area contributed by atoms with Crippen molar-refractivity contribution in [3.63, 3.8) is 0 Å². The summed E-state index contributed by atoms with van der Waals surface area (Å²) in [6.07, 6.45) is -0.337. The number of ether oxygens (including phenoxy) is 1. The van der Waals surface area contributed by atoms with Crippen molar-refractivity contribution in [2.24, 2.45) is 0 Å². The van der Waals surface area contributed by atoms with Crippen molar-refractivity contribution in [1.29, 1.82) is 0 Å². The van der Waals surface area contributed by atoms with E-state index in [4.69, 9.17) is 16.3 Å². The molecule has 23 heavy (non-hydrogen) atoms. The topological polar surface area (TPSA) is 61.8 Å². The molecule has 0 aliphatic carbocycles. The molecule has 0 aromatic heterocycles. The van der Waals surface area contributed by atoms with Crippen LogP contribution in [0.15, 0.2) is 18.2 Å². The van der Waals surface area contributed by atoms with Crippen molar-refractivity contribution in [1.82, 2.24) is 4.90 Å². The Balaban J connectivity index is 2.68. The maximum atomic E-state index is 12.4. The van der Waals surface area contributed by atoms with Gasteiger partial charge < -0.3 is 20.1 Å². The first-order valence-electron chi connectivity index (χ1n) is 7.63. The average molecular weight is 343 g/mol. The summed E-state index contributed by atoms with van der Waals surface area (Å²) >= 11 is 5.88. The lowest BCUT2D eigenvalue weighted by Crippen LogP contribution is -2.49. The third-order valence-electron chi connectivity index (χ3n) is 3.04. The number of hydrogen-bond acceptors (Lipinski definition) is 4. The number of anilines is 1. The van der Waals surface area contributed by atoms with Gasteiger partial charge in [-0.15, -0.1) is 0 Å². The summed E-state index contributed by atoms with van der Waals surface area (Å²) in [5.74, 6) is 0.0438. The second-order valence-corrected chi connectivity index (χ2v) is 7.80. The number of phenols is 1. The molecule has 0 unspecified atom stereocenters. The van der Waals surface area contributed by atoms with Crippen LogP contribution in [0.2, 0.25) is 5.02 Å². The zero-order valence-electron chi connectivity index (χ0n) is 14.7. The number of nitrogens with one attached hydrogen (secondary N) is 1. The van der Waals surface area contributed by atoms with Crippen LogP contribution in [0.5, 0.6) is 5.75 Å². The minimum absolute atomic E-state index is 0.0438. The van der Waals surface area contributed by atoms with E-state index >= 15 is 0 Å². The minimum Gasteiger partial charge on any atom is -0.506 e. The first-order valence-corrected chi connectivity index (χ1v) is 8.01. The molecule has 0 radical (unpaired) electrons. The average Bonchev–Trinajstić information content (AvgIpc) is 2.35. The number of halogens is 1. The van der Waals surface area contributed by atoms with Crippen molar-refractivity contribution in [2.75, 3.05) is 18.4 Å². The molecule has 1 amide bonds. The highest BCUT2D eigenvalue weighted by Crippen LogP contribution is 2.26. The van der Waals surface area contributed by atoms with Crippen LogP contribution in [-0.4, -0.2) is 40.3 Å². The number of rotatable bonds is 4. The summed E-state index contributed by atoms with van der Waals surface area (Å²) in [5.41, 5.74) is -0.0967. The molecule has 2 N–H and O–H groups in total. The van der Waals surface area contributed by atoms with Crippen LogP contribution in [0.1, 0.15) is 41.5 Å². The second kappa shape index (κ2) is 7.30. The Bertz CT molecular complexity index is 548. The molecule has 0 aliphatic heterocycles. The van der Waals surface area contributed by atoms with Crippen LogP contribution in [0.25, 0.3) is 0 Å². The van der Waals surface area contributed by atoms with Crippen LogP contribution in [0.4, 0.5) is 10.5 Å². The summed E-state index contributed by atoms with van der Waals surface area (Å²) < 4.78 is 5.47. The van der Waals surface area contributed by atoms with Gasteiger partial charge in [0, 0.05) is 24.3 Å². The fraction of sp³-hybridized carbons (Fsp3) is 0.588. The van der Waals surface area contributed by atoms with Crippen LogP contribution in [0, 0.1) is 0 Å². The smallest absolute Gasteiger partial charge is 0.410 e. The normalized spacial score (nSPS) is 12.0. The molecule has 0 aliphatic rings. The van der Waals surface area contributed by atoms with Gasteiger partial charge in [-0.3, -0.25) is 0 Å². The molecular formula is C17H27ClN2O3. The van der Waals surface area contributed by atoms with Gasteiger partial charge in [0.1, 0.15) is 11.4 Å². The minimum atomic E-state index is -0.529. The van der Waals surface area contributed by atoms with Gasteiger partial charge in [-0.25, -0.2) is 4.79 Å². The third-order valence-corrected chi connectivity index (χ3v) is 3.34. The second-order valence-electron chi connectivity index (χ2n) is 7.40. The number of phenolic OH excluding ortho intramolecular Hbond substituents is 1. The Morgan fingerprint density at radius 2 is 1.87 bits per heavy atom. The Labute approximate surface area is 143 Å². The van der Waals surface area contributed by atoms with Crippen LogP contribution < -0.4 is 5.32 Å². The molecule has 6 heteroatoms. The molecule has 0 fully saturated rings. The Kier molecular flexibility index (Phi) is 6.17. The Morgan fingerprint density at radius 3 is 2.35 bits per heavy atom. The van der Waals surface area contributed by atoms with E-state index in [1.165, 1.54) is 6.07 Å². The first-order chi connectivity index (χ1) is 10.4. The van der Waals surface area contributed by atoms with Crippen molar-refractivity contribution in [3.8, 4) is 5.75 Å². The van der Waals surface area contributed by atoms with E-state index in [2.05, 4.69) is 5.32 Å². The SMILES string of the molecule is CC(C)(C)OC(=O)N(CCNc1ccc(O)c(Cl)c1)C(C)(C)C.